The molecule has 0 N–H and O–H groups in total. The van der Waals surface area contributed by atoms with E-state index in [1.165, 1.54) is 22.2 Å². The summed E-state index contributed by atoms with van der Waals surface area (Å²) in [7, 11) is 0. The number of thioether (sulfide) groups is 1. The van der Waals surface area contributed by atoms with E-state index in [9.17, 15) is 4.79 Å². The van der Waals surface area contributed by atoms with Crippen molar-refractivity contribution >= 4 is 17.4 Å². The Kier molecular flexibility index (Phi) is 4.44. The Hall–Kier alpha value is -3.33. The van der Waals surface area contributed by atoms with Gasteiger partial charge in [0.05, 0.1) is 5.69 Å². The summed E-state index contributed by atoms with van der Waals surface area (Å²) in [4.78, 5) is 16.8. The second-order valence-corrected chi connectivity index (χ2v) is 7.51. The Morgan fingerprint density at radius 2 is 2.03 bits per heavy atom. The molecule has 0 amide bonds. The number of ether oxygens (including phenoxy) is 2. The third-order valence-electron chi connectivity index (χ3n) is 4.41. The fourth-order valence-corrected chi connectivity index (χ4v) is 3.68. The minimum atomic E-state index is -0.460. The van der Waals surface area contributed by atoms with Gasteiger partial charge < -0.3 is 13.9 Å². The molecule has 1 atom stereocenters. The van der Waals surface area contributed by atoms with Crippen molar-refractivity contribution in [3.63, 3.8) is 0 Å². The van der Waals surface area contributed by atoms with Crippen LogP contribution in [0.25, 0.3) is 5.65 Å². The number of hydrogen-bond acceptors (Lipinski definition) is 8. The SMILES string of the molecule is Cc1ccc2nc(CSc3nnc([C@H]4COc5ccccc5O4)o3)cc(=O)n2c1. The lowest BCUT2D eigenvalue weighted by Crippen LogP contribution is -2.21. The first-order valence-corrected chi connectivity index (χ1v) is 9.98. The molecule has 4 heterocycles. The maximum absolute atomic E-state index is 12.3. The highest BCUT2D eigenvalue weighted by Crippen LogP contribution is 2.36. The van der Waals surface area contributed by atoms with Gasteiger partial charge in [0.25, 0.3) is 16.7 Å². The van der Waals surface area contributed by atoms with Crippen LogP contribution in [0.5, 0.6) is 11.5 Å². The molecule has 146 valence electrons. The number of fused-ring (bicyclic) bond motifs is 2. The summed E-state index contributed by atoms with van der Waals surface area (Å²) in [6.45, 7) is 2.23. The van der Waals surface area contributed by atoms with E-state index in [4.69, 9.17) is 13.9 Å². The van der Waals surface area contributed by atoms with Crippen molar-refractivity contribution in [1.82, 2.24) is 19.6 Å². The number of rotatable bonds is 4. The second-order valence-electron chi connectivity index (χ2n) is 6.58. The number of aryl methyl sites for hydroxylation is 1. The lowest BCUT2D eigenvalue weighted by atomic mass is 10.2. The van der Waals surface area contributed by atoms with Crippen molar-refractivity contribution in [2.45, 2.75) is 24.0 Å². The van der Waals surface area contributed by atoms with Crippen LogP contribution in [-0.2, 0) is 5.75 Å². The van der Waals surface area contributed by atoms with Crippen molar-refractivity contribution in [2.24, 2.45) is 0 Å². The van der Waals surface area contributed by atoms with Crippen LogP contribution in [0.3, 0.4) is 0 Å². The van der Waals surface area contributed by atoms with Gasteiger partial charge in [0.15, 0.2) is 11.5 Å². The third-order valence-corrected chi connectivity index (χ3v) is 5.26. The van der Waals surface area contributed by atoms with Gasteiger partial charge in [0, 0.05) is 18.0 Å². The number of pyridine rings is 1. The molecule has 0 aliphatic carbocycles. The molecule has 0 fully saturated rings. The van der Waals surface area contributed by atoms with Gasteiger partial charge in [-0.15, -0.1) is 10.2 Å². The van der Waals surface area contributed by atoms with Crippen LogP contribution in [0, 0.1) is 6.92 Å². The van der Waals surface area contributed by atoms with E-state index in [1.54, 1.807) is 6.20 Å². The molecule has 0 saturated heterocycles. The van der Waals surface area contributed by atoms with Crippen LogP contribution in [0.1, 0.15) is 23.3 Å². The Morgan fingerprint density at radius 1 is 1.17 bits per heavy atom. The van der Waals surface area contributed by atoms with E-state index in [0.717, 1.165) is 5.56 Å². The zero-order valence-corrected chi connectivity index (χ0v) is 16.3. The molecule has 0 saturated carbocycles. The standard InChI is InChI=1S/C20H16N4O4S/c1-12-6-7-17-21-13(8-18(25)24(17)9-12)11-29-20-23-22-19(28-20)16-10-26-14-4-2-3-5-15(14)27-16/h2-9,16H,10-11H2,1H3/t16-/m1/s1. The predicted octanol–water partition coefficient (Wildman–Crippen LogP) is 3.19. The predicted molar refractivity (Wildman–Crippen MR) is 105 cm³/mol. The van der Waals surface area contributed by atoms with Gasteiger partial charge in [-0.3, -0.25) is 9.20 Å². The van der Waals surface area contributed by atoms with Crippen LogP contribution in [0.2, 0.25) is 0 Å². The molecule has 29 heavy (non-hydrogen) atoms. The molecular formula is C20H16N4O4S. The highest BCUT2D eigenvalue weighted by Gasteiger charge is 2.27. The van der Waals surface area contributed by atoms with Gasteiger partial charge in [0.2, 0.25) is 6.10 Å². The molecule has 0 radical (unpaired) electrons. The topological polar surface area (TPSA) is 91.8 Å². The molecule has 0 spiro atoms. The van der Waals surface area contributed by atoms with E-state index in [-0.39, 0.29) is 5.56 Å². The summed E-state index contributed by atoms with van der Waals surface area (Å²) in [5.41, 5.74) is 2.14. The molecule has 8 nitrogen and oxygen atoms in total. The second kappa shape index (κ2) is 7.25. The van der Waals surface area contributed by atoms with Crippen molar-refractivity contribution in [1.29, 1.82) is 0 Å². The largest absolute Gasteiger partial charge is 0.485 e. The van der Waals surface area contributed by atoms with Crippen molar-refractivity contribution in [3.8, 4) is 11.5 Å². The maximum atomic E-state index is 12.3. The maximum Gasteiger partial charge on any atom is 0.277 e. The molecule has 5 rings (SSSR count). The van der Waals surface area contributed by atoms with Crippen LogP contribution in [0.4, 0.5) is 0 Å². The summed E-state index contributed by atoms with van der Waals surface area (Å²) in [6.07, 6.45) is 1.31. The smallest absolute Gasteiger partial charge is 0.277 e. The fraction of sp³-hybridized carbons (Fsp3) is 0.200. The molecule has 4 aromatic rings. The number of para-hydroxylation sites is 2. The van der Waals surface area contributed by atoms with Gasteiger partial charge in [0.1, 0.15) is 12.3 Å². The minimum absolute atomic E-state index is 0.119. The zero-order chi connectivity index (χ0) is 19.8. The monoisotopic (exact) mass is 408 g/mol. The summed E-state index contributed by atoms with van der Waals surface area (Å²) >= 11 is 1.32. The van der Waals surface area contributed by atoms with Crippen molar-refractivity contribution in [2.75, 3.05) is 6.61 Å². The molecule has 9 heteroatoms. The normalized spacial score (nSPS) is 15.6. The first-order valence-electron chi connectivity index (χ1n) is 8.99. The summed E-state index contributed by atoms with van der Waals surface area (Å²) in [5.74, 6) is 2.13. The first kappa shape index (κ1) is 17.7. The lowest BCUT2D eigenvalue weighted by molar-refractivity contribution is 0.0686. The molecule has 1 aliphatic rings. The Labute approximate surface area is 169 Å². The zero-order valence-electron chi connectivity index (χ0n) is 15.4. The van der Waals surface area contributed by atoms with E-state index >= 15 is 0 Å². The van der Waals surface area contributed by atoms with Crippen LogP contribution in [0.15, 0.2) is 63.1 Å². The molecular weight excluding hydrogens is 392 g/mol. The molecule has 0 bridgehead atoms. The van der Waals surface area contributed by atoms with Gasteiger partial charge in [-0.25, -0.2) is 4.98 Å². The number of hydrogen-bond donors (Lipinski definition) is 0. The van der Waals surface area contributed by atoms with E-state index in [2.05, 4.69) is 15.2 Å². The highest BCUT2D eigenvalue weighted by molar-refractivity contribution is 7.98. The van der Waals surface area contributed by atoms with Gasteiger partial charge >= 0.3 is 0 Å². The summed E-state index contributed by atoms with van der Waals surface area (Å²) in [6, 6.07) is 12.7. The Bertz CT molecular complexity index is 1250. The lowest BCUT2D eigenvalue weighted by Gasteiger charge is -2.23. The Balaban J connectivity index is 1.29. The average molecular weight is 408 g/mol. The third kappa shape index (κ3) is 3.56. The highest BCUT2D eigenvalue weighted by atomic mass is 32.2. The minimum Gasteiger partial charge on any atom is -0.485 e. The number of benzene rings is 1. The Morgan fingerprint density at radius 3 is 2.93 bits per heavy atom. The molecule has 3 aromatic heterocycles. The van der Waals surface area contributed by atoms with Crippen LogP contribution < -0.4 is 15.0 Å². The van der Waals surface area contributed by atoms with Crippen molar-refractivity contribution in [3.05, 3.63) is 76.2 Å². The molecule has 0 unspecified atom stereocenters. The number of aromatic nitrogens is 4. The summed E-state index contributed by atoms with van der Waals surface area (Å²) < 4.78 is 18.8. The van der Waals surface area contributed by atoms with Crippen LogP contribution >= 0.6 is 11.8 Å². The van der Waals surface area contributed by atoms with E-state index < -0.39 is 6.10 Å². The van der Waals surface area contributed by atoms with Crippen molar-refractivity contribution < 1.29 is 13.9 Å². The number of nitrogens with zero attached hydrogens (tertiary/aromatic N) is 4. The van der Waals surface area contributed by atoms with Gasteiger partial charge in [-0.1, -0.05) is 30.0 Å². The quantitative estimate of drug-likeness (QED) is 0.476. The van der Waals surface area contributed by atoms with E-state index in [1.807, 2.05) is 43.3 Å². The van der Waals surface area contributed by atoms with Gasteiger partial charge in [-0.2, -0.15) is 0 Å². The van der Waals surface area contributed by atoms with Gasteiger partial charge in [-0.05, 0) is 30.7 Å². The summed E-state index contributed by atoms with van der Waals surface area (Å²) in [5, 5.41) is 8.51. The molecule has 1 aliphatic heterocycles. The molecule has 1 aromatic carbocycles. The average Bonchev–Trinajstić information content (AvgIpc) is 3.21. The first-order chi connectivity index (χ1) is 14.2. The van der Waals surface area contributed by atoms with E-state index in [0.29, 0.717) is 46.3 Å². The van der Waals surface area contributed by atoms with Crippen LogP contribution in [-0.4, -0.2) is 26.2 Å². The fourth-order valence-electron chi connectivity index (χ4n) is 3.02.